The Balaban J connectivity index is 2.16. The monoisotopic (exact) mass is 249 g/mol. The smallest absolute Gasteiger partial charge is 0.337 e. The van der Waals surface area contributed by atoms with Crippen LogP contribution in [0.15, 0.2) is 12.3 Å². The predicted molar refractivity (Wildman–Crippen MR) is 70.7 cm³/mol. The fourth-order valence-corrected chi connectivity index (χ4v) is 2.45. The highest BCUT2D eigenvalue weighted by atomic mass is 16.4. The van der Waals surface area contributed by atoms with Crippen LogP contribution in [0.2, 0.25) is 0 Å². The van der Waals surface area contributed by atoms with Gasteiger partial charge in [-0.15, -0.1) is 0 Å². The highest BCUT2D eigenvalue weighted by Gasteiger charge is 2.27. The molecule has 0 spiro atoms. The Bertz CT molecular complexity index is 454. The van der Waals surface area contributed by atoms with Crippen LogP contribution in [0.25, 0.3) is 0 Å². The topological polar surface area (TPSA) is 88.2 Å². The number of hydrogen-bond acceptors (Lipinski definition) is 4. The van der Waals surface area contributed by atoms with Crippen LogP contribution in [0.1, 0.15) is 49.4 Å². The van der Waals surface area contributed by atoms with Crippen molar-refractivity contribution in [2.75, 3.05) is 11.1 Å². The maximum Gasteiger partial charge on any atom is 0.337 e. The molecule has 1 aliphatic rings. The van der Waals surface area contributed by atoms with E-state index in [0.717, 1.165) is 12.8 Å². The van der Waals surface area contributed by atoms with Crippen molar-refractivity contribution >= 4 is 17.5 Å². The summed E-state index contributed by atoms with van der Waals surface area (Å²) in [5.41, 5.74) is 6.37. The SMILES string of the molecule is CC1(Nc2ncc(C(=O)O)cc2N)CCCCC1. The number of carboxylic acid groups (broad SMARTS) is 1. The summed E-state index contributed by atoms with van der Waals surface area (Å²) in [7, 11) is 0. The van der Waals surface area contributed by atoms with Crippen molar-refractivity contribution in [3.8, 4) is 0 Å². The molecule has 0 aromatic carbocycles. The van der Waals surface area contributed by atoms with Crippen molar-refractivity contribution in [3.05, 3.63) is 17.8 Å². The molecule has 1 saturated carbocycles. The average molecular weight is 249 g/mol. The summed E-state index contributed by atoms with van der Waals surface area (Å²) in [5, 5.41) is 12.2. The number of carboxylic acids is 1. The Hall–Kier alpha value is -1.78. The van der Waals surface area contributed by atoms with Crippen molar-refractivity contribution < 1.29 is 9.90 Å². The summed E-state index contributed by atoms with van der Waals surface area (Å²) < 4.78 is 0. The number of nitrogens with zero attached hydrogens (tertiary/aromatic N) is 1. The maximum atomic E-state index is 10.8. The molecule has 0 amide bonds. The molecule has 0 atom stereocenters. The molecule has 5 heteroatoms. The van der Waals surface area contributed by atoms with Gasteiger partial charge in [0.25, 0.3) is 0 Å². The minimum Gasteiger partial charge on any atom is -0.478 e. The van der Waals surface area contributed by atoms with Crippen molar-refractivity contribution in [2.24, 2.45) is 0 Å². The Kier molecular flexibility index (Phi) is 3.41. The van der Waals surface area contributed by atoms with E-state index in [4.69, 9.17) is 10.8 Å². The quantitative estimate of drug-likeness (QED) is 0.766. The number of aromatic nitrogens is 1. The van der Waals surface area contributed by atoms with Gasteiger partial charge in [0.15, 0.2) is 0 Å². The standard InChI is InChI=1S/C13H19N3O2/c1-13(5-3-2-4-6-13)16-11-10(14)7-9(8-15-11)12(17)18/h7-8H,2-6,14H2,1H3,(H,15,16)(H,17,18). The summed E-state index contributed by atoms with van der Waals surface area (Å²) in [6.45, 7) is 2.17. The van der Waals surface area contributed by atoms with E-state index >= 15 is 0 Å². The Morgan fingerprint density at radius 3 is 2.67 bits per heavy atom. The Morgan fingerprint density at radius 1 is 1.44 bits per heavy atom. The van der Waals surface area contributed by atoms with Gasteiger partial charge in [0, 0.05) is 11.7 Å². The first-order chi connectivity index (χ1) is 8.50. The predicted octanol–water partition coefficient (Wildman–Crippen LogP) is 2.50. The van der Waals surface area contributed by atoms with Gasteiger partial charge in [0.05, 0.1) is 11.3 Å². The first kappa shape index (κ1) is 12.7. The van der Waals surface area contributed by atoms with Gasteiger partial charge >= 0.3 is 5.97 Å². The minimum absolute atomic E-state index is 0.0180. The fourth-order valence-electron chi connectivity index (χ4n) is 2.45. The zero-order valence-corrected chi connectivity index (χ0v) is 10.6. The van der Waals surface area contributed by atoms with Crippen LogP contribution >= 0.6 is 0 Å². The van der Waals surface area contributed by atoms with Gasteiger partial charge in [-0.3, -0.25) is 0 Å². The summed E-state index contributed by atoms with van der Waals surface area (Å²) in [6.07, 6.45) is 7.21. The molecule has 0 radical (unpaired) electrons. The van der Waals surface area contributed by atoms with E-state index in [9.17, 15) is 4.79 Å². The highest BCUT2D eigenvalue weighted by Crippen LogP contribution is 2.32. The molecule has 1 aromatic rings. The van der Waals surface area contributed by atoms with E-state index in [0.29, 0.717) is 11.5 Å². The second kappa shape index (κ2) is 4.84. The molecule has 2 rings (SSSR count). The lowest BCUT2D eigenvalue weighted by Gasteiger charge is -2.35. The third-order valence-electron chi connectivity index (χ3n) is 3.54. The molecule has 0 unspecified atom stereocenters. The van der Waals surface area contributed by atoms with Gasteiger partial charge in [0.1, 0.15) is 5.82 Å². The molecule has 1 heterocycles. The van der Waals surface area contributed by atoms with E-state index in [2.05, 4.69) is 17.2 Å². The van der Waals surface area contributed by atoms with E-state index in [1.54, 1.807) is 0 Å². The lowest BCUT2D eigenvalue weighted by atomic mass is 9.83. The molecule has 98 valence electrons. The zero-order valence-electron chi connectivity index (χ0n) is 10.6. The Labute approximate surface area is 106 Å². The third-order valence-corrected chi connectivity index (χ3v) is 3.54. The van der Waals surface area contributed by atoms with Crippen LogP contribution in [0.4, 0.5) is 11.5 Å². The number of nitrogens with two attached hydrogens (primary N) is 1. The normalized spacial score (nSPS) is 18.3. The molecule has 0 aliphatic heterocycles. The second-order valence-corrected chi connectivity index (χ2v) is 5.21. The van der Waals surface area contributed by atoms with Crippen LogP contribution in [0, 0.1) is 0 Å². The Morgan fingerprint density at radius 2 is 2.11 bits per heavy atom. The first-order valence-corrected chi connectivity index (χ1v) is 6.27. The molecule has 1 aromatic heterocycles. The molecule has 4 N–H and O–H groups in total. The minimum atomic E-state index is -1.01. The number of nitrogens with one attached hydrogen (secondary N) is 1. The molecular weight excluding hydrogens is 230 g/mol. The van der Waals surface area contributed by atoms with Crippen molar-refractivity contribution in [3.63, 3.8) is 0 Å². The summed E-state index contributed by atoms with van der Waals surface area (Å²) in [4.78, 5) is 14.9. The van der Waals surface area contributed by atoms with Gasteiger partial charge in [0.2, 0.25) is 0 Å². The average Bonchev–Trinajstić information content (AvgIpc) is 2.32. The van der Waals surface area contributed by atoms with E-state index in [1.165, 1.54) is 31.5 Å². The van der Waals surface area contributed by atoms with E-state index in [-0.39, 0.29) is 11.1 Å². The number of aromatic carboxylic acids is 1. The summed E-state index contributed by atoms with van der Waals surface area (Å²) >= 11 is 0. The van der Waals surface area contributed by atoms with Gasteiger partial charge in [-0.2, -0.15) is 0 Å². The number of rotatable bonds is 3. The van der Waals surface area contributed by atoms with Crippen molar-refractivity contribution in [2.45, 2.75) is 44.6 Å². The molecule has 1 aliphatic carbocycles. The zero-order chi connectivity index (χ0) is 13.2. The van der Waals surface area contributed by atoms with Crippen LogP contribution in [-0.4, -0.2) is 21.6 Å². The number of carbonyl (C=O) groups is 1. The van der Waals surface area contributed by atoms with Gasteiger partial charge in [-0.25, -0.2) is 9.78 Å². The van der Waals surface area contributed by atoms with Crippen LogP contribution in [0.5, 0.6) is 0 Å². The van der Waals surface area contributed by atoms with Crippen molar-refractivity contribution in [1.29, 1.82) is 0 Å². The lowest BCUT2D eigenvalue weighted by Crippen LogP contribution is -2.37. The van der Waals surface area contributed by atoms with Crippen LogP contribution in [-0.2, 0) is 0 Å². The molecular formula is C13H19N3O2. The van der Waals surface area contributed by atoms with Gasteiger partial charge in [-0.05, 0) is 25.8 Å². The molecule has 5 nitrogen and oxygen atoms in total. The fraction of sp³-hybridized carbons (Fsp3) is 0.538. The third kappa shape index (κ3) is 2.72. The molecule has 18 heavy (non-hydrogen) atoms. The summed E-state index contributed by atoms with van der Waals surface area (Å²) in [6, 6.07) is 1.45. The number of nitrogen functional groups attached to an aromatic ring is 1. The van der Waals surface area contributed by atoms with Gasteiger partial charge < -0.3 is 16.2 Å². The largest absolute Gasteiger partial charge is 0.478 e. The van der Waals surface area contributed by atoms with Gasteiger partial charge in [-0.1, -0.05) is 19.3 Å². The maximum absolute atomic E-state index is 10.8. The molecule has 0 bridgehead atoms. The van der Waals surface area contributed by atoms with Crippen LogP contribution < -0.4 is 11.1 Å². The van der Waals surface area contributed by atoms with Crippen LogP contribution in [0.3, 0.4) is 0 Å². The second-order valence-electron chi connectivity index (χ2n) is 5.21. The van der Waals surface area contributed by atoms with E-state index < -0.39 is 5.97 Å². The number of anilines is 2. The lowest BCUT2D eigenvalue weighted by molar-refractivity contribution is 0.0696. The highest BCUT2D eigenvalue weighted by molar-refractivity contribution is 5.89. The number of pyridine rings is 1. The van der Waals surface area contributed by atoms with Crippen molar-refractivity contribution in [1.82, 2.24) is 4.98 Å². The summed E-state index contributed by atoms with van der Waals surface area (Å²) in [5.74, 6) is -0.422. The first-order valence-electron chi connectivity index (χ1n) is 6.27. The number of hydrogen-bond donors (Lipinski definition) is 3. The molecule has 1 fully saturated rings. The van der Waals surface area contributed by atoms with E-state index in [1.807, 2.05) is 0 Å². The molecule has 0 saturated heterocycles.